The number of ether oxygens (including phenoxy) is 2. The van der Waals surface area contributed by atoms with E-state index in [1.165, 1.54) is 23.5 Å². The van der Waals surface area contributed by atoms with Gasteiger partial charge >= 0.3 is 0 Å². The Kier molecular flexibility index (Phi) is 8.69. The molecular formula is C24H30N6O5S2. The Morgan fingerprint density at radius 2 is 1.89 bits per heavy atom. The SMILES string of the molecule is CN(C)CCCOc1ccc2nc(NC(=O)C(=NN3CCOCC3)c3ccc(S(C)(=O)=O)cc3)sc2n1. The molecule has 1 aliphatic heterocycles. The maximum Gasteiger partial charge on any atom is 0.278 e. The molecule has 1 aromatic carbocycles. The number of carbonyl (C=O) groups excluding carboxylic acids is 1. The van der Waals surface area contributed by atoms with Crippen LogP contribution >= 0.6 is 11.3 Å². The molecule has 2 aromatic heterocycles. The van der Waals surface area contributed by atoms with Gasteiger partial charge in [0.15, 0.2) is 20.7 Å². The van der Waals surface area contributed by atoms with Gasteiger partial charge in [-0.05, 0) is 38.7 Å². The van der Waals surface area contributed by atoms with Gasteiger partial charge in [0.2, 0.25) is 5.88 Å². The summed E-state index contributed by atoms with van der Waals surface area (Å²) in [6.07, 6.45) is 2.02. The van der Waals surface area contributed by atoms with Gasteiger partial charge in [0.1, 0.15) is 10.3 Å². The fraction of sp³-hybridized carbons (Fsp3) is 0.417. The second-order valence-corrected chi connectivity index (χ2v) is 11.8. The minimum absolute atomic E-state index is 0.152. The van der Waals surface area contributed by atoms with Crippen LogP contribution in [0.4, 0.5) is 5.13 Å². The lowest BCUT2D eigenvalue weighted by atomic mass is 10.1. The van der Waals surface area contributed by atoms with Gasteiger partial charge in [-0.15, -0.1) is 0 Å². The second-order valence-electron chi connectivity index (χ2n) is 8.76. The number of amides is 1. The van der Waals surface area contributed by atoms with Crippen molar-refractivity contribution in [3.63, 3.8) is 0 Å². The van der Waals surface area contributed by atoms with Crippen LogP contribution in [-0.2, 0) is 19.4 Å². The summed E-state index contributed by atoms with van der Waals surface area (Å²) in [5, 5.41) is 9.53. The smallest absolute Gasteiger partial charge is 0.278 e. The zero-order valence-corrected chi connectivity index (χ0v) is 22.6. The average molecular weight is 547 g/mol. The average Bonchev–Trinajstić information content (AvgIpc) is 3.26. The Hall–Kier alpha value is -3.13. The molecule has 1 N–H and O–H groups in total. The van der Waals surface area contributed by atoms with Crippen LogP contribution < -0.4 is 10.1 Å². The van der Waals surface area contributed by atoms with Crippen LogP contribution in [0, 0.1) is 0 Å². The maximum atomic E-state index is 13.3. The van der Waals surface area contributed by atoms with Crippen LogP contribution in [0.3, 0.4) is 0 Å². The van der Waals surface area contributed by atoms with Crippen LogP contribution in [0.1, 0.15) is 12.0 Å². The molecule has 11 nitrogen and oxygen atoms in total. The van der Waals surface area contributed by atoms with Crippen molar-refractivity contribution in [2.45, 2.75) is 11.3 Å². The summed E-state index contributed by atoms with van der Waals surface area (Å²) in [5.74, 6) is 0.0473. The highest BCUT2D eigenvalue weighted by molar-refractivity contribution is 7.90. The summed E-state index contributed by atoms with van der Waals surface area (Å²) >= 11 is 1.24. The van der Waals surface area contributed by atoms with E-state index in [9.17, 15) is 13.2 Å². The number of anilines is 1. The van der Waals surface area contributed by atoms with Crippen molar-refractivity contribution in [1.29, 1.82) is 0 Å². The van der Waals surface area contributed by atoms with E-state index in [1.807, 2.05) is 20.2 Å². The van der Waals surface area contributed by atoms with Crippen LogP contribution in [-0.4, -0.2) is 99.7 Å². The molecule has 3 aromatic rings. The van der Waals surface area contributed by atoms with E-state index in [2.05, 4.69) is 25.3 Å². The van der Waals surface area contributed by atoms with Crippen molar-refractivity contribution in [2.24, 2.45) is 5.10 Å². The highest BCUT2D eigenvalue weighted by atomic mass is 32.2. The van der Waals surface area contributed by atoms with E-state index in [0.717, 1.165) is 19.2 Å². The normalized spacial score (nSPS) is 14.8. The molecule has 3 heterocycles. The van der Waals surface area contributed by atoms with E-state index in [4.69, 9.17) is 9.47 Å². The van der Waals surface area contributed by atoms with Gasteiger partial charge < -0.3 is 14.4 Å². The van der Waals surface area contributed by atoms with Crippen molar-refractivity contribution >= 4 is 48.3 Å². The van der Waals surface area contributed by atoms with E-state index < -0.39 is 15.7 Å². The number of morpholine rings is 1. The molecule has 13 heteroatoms. The largest absolute Gasteiger partial charge is 0.478 e. The fourth-order valence-electron chi connectivity index (χ4n) is 3.54. The first-order valence-electron chi connectivity index (χ1n) is 11.8. The number of hydrogen-bond acceptors (Lipinski definition) is 11. The number of aromatic nitrogens is 2. The number of nitrogens with one attached hydrogen (secondary N) is 1. The quantitative estimate of drug-likeness (QED) is 0.300. The van der Waals surface area contributed by atoms with Crippen molar-refractivity contribution < 1.29 is 22.7 Å². The molecule has 1 aliphatic rings. The summed E-state index contributed by atoms with van der Waals surface area (Å²) in [6.45, 7) is 3.58. The Bertz CT molecular complexity index is 1370. The monoisotopic (exact) mass is 546 g/mol. The number of pyridine rings is 1. The standard InChI is InChI=1S/C24H30N6O5S2/c1-29(2)11-4-14-35-20-10-9-19-23(26-20)36-24(25-19)27-22(31)21(28-30-12-15-34-16-13-30)17-5-7-18(8-6-17)37(3,32)33/h5-10H,4,11-16H2,1-3H3,(H,25,27,31). The first-order chi connectivity index (χ1) is 17.7. The van der Waals surface area contributed by atoms with Gasteiger partial charge in [0.25, 0.3) is 5.91 Å². The van der Waals surface area contributed by atoms with Crippen LogP contribution in [0.25, 0.3) is 10.3 Å². The fourth-order valence-corrected chi connectivity index (χ4v) is 4.99. The Balaban J connectivity index is 1.53. The first-order valence-corrected chi connectivity index (χ1v) is 14.5. The van der Waals surface area contributed by atoms with Crippen molar-refractivity contribution in [1.82, 2.24) is 19.9 Å². The van der Waals surface area contributed by atoms with Gasteiger partial charge in [-0.25, -0.2) is 18.4 Å². The third-order valence-electron chi connectivity index (χ3n) is 5.45. The third kappa shape index (κ3) is 7.44. The molecule has 4 rings (SSSR count). The van der Waals surface area contributed by atoms with Crippen molar-refractivity contribution in [2.75, 3.05) is 65.1 Å². The molecule has 1 saturated heterocycles. The third-order valence-corrected chi connectivity index (χ3v) is 7.46. The van der Waals surface area contributed by atoms with Gasteiger partial charge in [0, 0.05) is 24.4 Å². The Labute approximate surface area is 220 Å². The highest BCUT2D eigenvalue weighted by Gasteiger charge is 2.20. The molecular weight excluding hydrogens is 516 g/mol. The minimum Gasteiger partial charge on any atom is -0.478 e. The summed E-state index contributed by atoms with van der Waals surface area (Å²) in [7, 11) is 0.660. The van der Waals surface area contributed by atoms with Gasteiger partial charge in [0.05, 0.1) is 37.8 Å². The van der Waals surface area contributed by atoms with Gasteiger partial charge in [-0.2, -0.15) is 5.10 Å². The number of hydrazone groups is 1. The molecule has 37 heavy (non-hydrogen) atoms. The maximum absolute atomic E-state index is 13.3. The highest BCUT2D eigenvalue weighted by Crippen LogP contribution is 2.26. The number of hydrogen-bond donors (Lipinski definition) is 1. The van der Waals surface area contributed by atoms with E-state index in [1.54, 1.807) is 23.2 Å². The molecule has 1 fully saturated rings. The molecule has 0 unspecified atom stereocenters. The number of sulfone groups is 1. The zero-order chi connectivity index (χ0) is 26.4. The molecule has 0 radical (unpaired) electrons. The van der Waals surface area contributed by atoms with Crippen molar-refractivity contribution in [3.8, 4) is 5.88 Å². The molecule has 1 amide bonds. The summed E-state index contributed by atoms with van der Waals surface area (Å²) in [6, 6.07) is 9.66. The van der Waals surface area contributed by atoms with Crippen LogP contribution in [0.15, 0.2) is 46.4 Å². The molecule has 0 atom stereocenters. The lowest BCUT2D eigenvalue weighted by molar-refractivity contribution is -0.110. The lowest BCUT2D eigenvalue weighted by Gasteiger charge is -2.24. The van der Waals surface area contributed by atoms with E-state index >= 15 is 0 Å². The molecule has 0 bridgehead atoms. The topological polar surface area (TPSA) is 126 Å². The number of benzene rings is 1. The van der Waals surface area contributed by atoms with Gasteiger partial charge in [-0.1, -0.05) is 23.5 Å². The second kappa shape index (κ2) is 11.9. The number of rotatable bonds is 10. The molecule has 198 valence electrons. The Morgan fingerprint density at radius 3 is 2.57 bits per heavy atom. The lowest BCUT2D eigenvalue weighted by Crippen LogP contribution is -2.35. The summed E-state index contributed by atoms with van der Waals surface area (Å²) in [4.78, 5) is 25.2. The number of carbonyl (C=O) groups is 1. The molecule has 0 spiro atoms. The van der Waals surface area contributed by atoms with Crippen LogP contribution in [0.2, 0.25) is 0 Å². The van der Waals surface area contributed by atoms with Crippen molar-refractivity contribution in [3.05, 3.63) is 42.0 Å². The van der Waals surface area contributed by atoms with E-state index in [0.29, 0.717) is 59.8 Å². The van der Waals surface area contributed by atoms with Crippen LogP contribution in [0.5, 0.6) is 5.88 Å². The zero-order valence-electron chi connectivity index (χ0n) is 21.0. The van der Waals surface area contributed by atoms with E-state index in [-0.39, 0.29) is 10.6 Å². The summed E-state index contributed by atoms with van der Waals surface area (Å²) in [5.41, 5.74) is 1.29. The number of nitrogens with zero attached hydrogens (tertiary/aromatic N) is 5. The number of fused-ring (bicyclic) bond motifs is 1. The molecule has 0 aliphatic carbocycles. The predicted octanol–water partition coefficient (Wildman–Crippen LogP) is 2.10. The van der Waals surface area contributed by atoms with Gasteiger partial charge in [-0.3, -0.25) is 15.1 Å². The molecule has 0 saturated carbocycles. The Morgan fingerprint density at radius 1 is 1.16 bits per heavy atom. The summed E-state index contributed by atoms with van der Waals surface area (Å²) < 4.78 is 34.8. The number of thiazole rings is 1. The predicted molar refractivity (Wildman–Crippen MR) is 143 cm³/mol. The first kappa shape index (κ1) is 26.9. The minimum atomic E-state index is -3.37.